The summed E-state index contributed by atoms with van der Waals surface area (Å²) in [6.45, 7) is 14.2. The highest BCUT2D eigenvalue weighted by Gasteiger charge is 2.22. The molecule has 0 saturated heterocycles. The van der Waals surface area contributed by atoms with Crippen LogP contribution in [0, 0.1) is 11.8 Å². The zero-order valence-corrected chi connectivity index (χ0v) is 13.4. The van der Waals surface area contributed by atoms with Gasteiger partial charge in [-0.1, -0.05) is 52.7 Å². The molecule has 0 aromatic heterocycles. The van der Waals surface area contributed by atoms with Gasteiger partial charge in [-0.3, -0.25) is 0 Å². The van der Waals surface area contributed by atoms with E-state index in [-0.39, 0.29) is 0 Å². The minimum atomic E-state index is 0.835. The maximum Gasteiger partial charge on any atom is -0.0286 e. The molecule has 0 radical (unpaired) electrons. The van der Waals surface area contributed by atoms with E-state index in [4.69, 9.17) is 0 Å². The quantitative estimate of drug-likeness (QED) is 0.549. The summed E-state index contributed by atoms with van der Waals surface area (Å²) in [6.07, 6.45) is 7.55. The van der Waals surface area contributed by atoms with Gasteiger partial charge in [-0.05, 0) is 61.5 Å². The van der Waals surface area contributed by atoms with E-state index >= 15 is 0 Å². The average molecular weight is 248 g/mol. The Labute approximate surface area is 115 Å². The van der Waals surface area contributed by atoms with Gasteiger partial charge in [0.2, 0.25) is 0 Å². The van der Waals surface area contributed by atoms with Crippen LogP contribution >= 0.6 is 0 Å². The third kappa shape index (κ3) is 3.28. The first kappa shape index (κ1) is 15.5. The Morgan fingerprint density at radius 3 is 1.22 bits per heavy atom. The highest BCUT2D eigenvalue weighted by molar-refractivity contribution is 5.40. The lowest BCUT2D eigenvalue weighted by Crippen LogP contribution is -2.15. The first-order chi connectivity index (χ1) is 8.58. The predicted octanol–water partition coefficient (Wildman–Crippen LogP) is 6.29. The molecule has 0 nitrogen and oxygen atoms in total. The molecule has 1 rings (SSSR count). The van der Waals surface area contributed by atoms with Gasteiger partial charge in [-0.25, -0.2) is 0 Å². The topological polar surface area (TPSA) is 0 Å². The lowest BCUT2D eigenvalue weighted by Gasteiger charge is -2.30. The van der Waals surface area contributed by atoms with E-state index < -0.39 is 0 Å². The van der Waals surface area contributed by atoms with Gasteiger partial charge < -0.3 is 0 Å². The number of hydrogen-bond donors (Lipinski definition) is 0. The van der Waals surface area contributed by atoms with Gasteiger partial charge in [-0.15, -0.1) is 0 Å². The molecule has 0 aromatic carbocycles. The molecule has 0 fully saturated rings. The fourth-order valence-electron chi connectivity index (χ4n) is 3.50. The normalized spacial score (nSPS) is 34.3. The summed E-state index contributed by atoms with van der Waals surface area (Å²) in [4.78, 5) is 0. The summed E-state index contributed by atoms with van der Waals surface area (Å²) >= 11 is 0. The van der Waals surface area contributed by atoms with E-state index in [1.54, 1.807) is 22.3 Å². The van der Waals surface area contributed by atoms with Crippen molar-refractivity contribution in [2.45, 2.75) is 80.1 Å². The summed E-state index contributed by atoms with van der Waals surface area (Å²) in [5, 5.41) is 0. The Morgan fingerprint density at radius 1 is 0.667 bits per heavy atom. The number of hydrogen-bond acceptors (Lipinski definition) is 0. The van der Waals surface area contributed by atoms with Crippen LogP contribution in [0.15, 0.2) is 22.3 Å². The molecule has 0 heterocycles. The smallest absolute Gasteiger partial charge is 0.0286 e. The Morgan fingerprint density at radius 2 is 1.00 bits per heavy atom. The second kappa shape index (κ2) is 7.16. The van der Waals surface area contributed by atoms with Gasteiger partial charge >= 0.3 is 0 Å². The molecular weight excluding hydrogens is 216 g/mol. The van der Waals surface area contributed by atoms with Gasteiger partial charge in [-0.2, -0.15) is 0 Å². The molecule has 18 heavy (non-hydrogen) atoms. The van der Waals surface area contributed by atoms with Crippen LogP contribution in [0.5, 0.6) is 0 Å². The van der Waals surface area contributed by atoms with Crippen molar-refractivity contribution in [3.05, 3.63) is 22.3 Å². The Hall–Kier alpha value is -0.520. The molecule has 0 aliphatic heterocycles. The zero-order valence-electron chi connectivity index (χ0n) is 13.4. The van der Waals surface area contributed by atoms with E-state index in [1.165, 1.54) is 38.5 Å². The van der Waals surface area contributed by atoms with Crippen LogP contribution in [0.3, 0.4) is 0 Å². The lowest BCUT2D eigenvalue weighted by atomic mass is 9.76. The van der Waals surface area contributed by atoms with Crippen molar-refractivity contribution in [2.75, 3.05) is 0 Å². The molecule has 0 saturated carbocycles. The van der Waals surface area contributed by atoms with Crippen LogP contribution in [0.1, 0.15) is 80.1 Å². The molecule has 0 aromatic rings. The first-order valence-corrected chi connectivity index (χ1v) is 8.00. The highest BCUT2D eigenvalue weighted by Crippen LogP contribution is 2.38. The Kier molecular flexibility index (Phi) is 6.18. The van der Waals surface area contributed by atoms with Gasteiger partial charge in [0.1, 0.15) is 0 Å². The maximum absolute atomic E-state index is 2.44. The monoisotopic (exact) mass is 248 g/mol. The zero-order chi connectivity index (χ0) is 13.7. The van der Waals surface area contributed by atoms with E-state index in [0.717, 1.165) is 11.8 Å². The summed E-state index contributed by atoms with van der Waals surface area (Å²) < 4.78 is 0. The van der Waals surface area contributed by atoms with Crippen molar-refractivity contribution in [2.24, 2.45) is 11.8 Å². The van der Waals surface area contributed by atoms with Crippen molar-refractivity contribution in [1.29, 1.82) is 0 Å². The molecule has 2 atom stereocenters. The van der Waals surface area contributed by atoms with E-state index in [1.807, 2.05) is 0 Å². The van der Waals surface area contributed by atoms with Crippen molar-refractivity contribution >= 4 is 0 Å². The van der Waals surface area contributed by atoms with Crippen molar-refractivity contribution < 1.29 is 0 Å². The van der Waals surface area contributed by atoms with E-state index in [0.29, 0.717) is 0 Å². The van der Waals surface area contributed by atoms with Gasteiger partial charge in [0.15, 0.2) is 0 Å². The lowest BCUT2D eigenvalue weighted by molar-refractivity contribution is 0.371. The molecule has 1 aliphatic carbocycles. The van der Waals surface area contributed by atoms with Crippen LogP contribution in [0.25, 0.3) is 0 Å². The standard InChI is InChI=1S/C18H32/c1-7-15-11-13(5)14(6)12-16(8-2)18(10-4)17(15)9-3/h13-14H,7-12H2,1-6H3/b17-15-,18-16-/t13-,14-/m0/s1. The highest BCUT2D eigenvalue weighted by atomic mass is 14.3. The first-order valence-electron chi connectivity index (χ1n) is 8.00. The second-order valence-corrected chi connectivity index (χ2v) is 5.94. The number of allylic oxidation sites excluding steroid dienone is 4. The molecule has 0 unspecified atom stereocenters. The van der Waals surface area contributed by atoms with Gasteiger partial charge in [0, 0.05) is 0 Å². The van der Waals surface area contributed by atoms with E-state index in [2.05, 4.69) is 41.5 Å². The minimum absolute atomic E-state index is 0.835. The molecule has 0 N–H and O–H groups in total. The molecule has 0 amide bonds. The fraction of sp³-hybridized carbons (Fsp3) is 0.778. The third-order valence-corrected chi connectivity index (χ3v) is 4.89. The van der Waals surface area contributed by atoms with Crippen LogP contribution in [0.4, 0.5) is 0 Å². The van der Waals surface area contributed by atoms with Crippen LogP contribution in [-0.4, -0.2) is 0 Å². The SMILES string of the molecule is CC/C1=C(CC)/C(CC)=C(/CC)C[C@H](C)[C@@H](C)C1. The Balaban J connectivity index is 3.32. The maximum atomic E-state index is 2.44. The van der Waals surface area contributed by atoms with Crippen molar-refractivity contribution in [3.8, 4) is 0 Å². The summed E-state index contributed by atoms with van der Waals surface area (Å²) in [5.41, 5.74) is 6.88. The van der Waals surface area contributed by atoms with Crippen molar-refractivity contribution in [1.82, 2.24) is 0 Å². The van der Waals surface area contributed by atoms with Gasteiger partial charge in [0.25, 0.3) is 0 Å². The number of rotatable bonds is 4. The van der Waals surface area contributed by atoms with Crippen LogP contribution < -0.4 is 0 Å². The van der Waals surface area contributed by atoms with E-state index in [9.17, 15) is 0 Å². The molecular formula is C18H32. The predicted molar refractivity (Wildman–Crippen MR) is 82.8 cm³/mol. The molecule has 0 bridgehead atoms. The average Bonchev–Trinajstić information content (AvgIpc) is 2.38. The summed E-state index contributed by atoms with van der Waals surface area (Å²) in [6, 6.07) is 0. The van der Waals surface area contributed by atoms with Crippen LogP contribution in [-0.2, 0) is 0 Å². The van der Waals surface area contributed by atoms with Crippen molar-refractivity contribution in [3.63, 3.8) is 0 Å². The molecule has 1 aliphatic rings. The Bertz CT molecular complexity index is 296. The minimum Gasteiger partial charge on any atom is -0.0667 e. The second-order valence-electron chi connectivity index (χ2n) is 5.94. The largest absolute Gasteiger partial charge is 0.0667 e. The molecule has 104 valence electrons. The third-order valence-electron chi connectivity index (χ3n) is 4.89. The molecule has 0 spiro atoms. The molecule has 0 heteroatoms. The summed E-state index contributed by atoms with van der Waals surface area (Å²) in [7, 11) is 0. The fourth-order valence-corrected chi connectivity index (χ4v) is 3.50. The summed E-state index contributed by atoms with van der Waals surface area (Å²) in [5.74, 6) is 1.67. The van der Waals surface area contributed by atoms with Crippen LogP contribution in [0.2, 0.25) is 0 Å². The van der Waals surface area contributed by atoms with Gasteiger partial charge in [0.05, 0.1) is 0 Å².